The van der Waals surface area contributed by atoms with Gasteiger partial charge in [0.05, 0.1) is 6.54 Å². The molecule has 0 unspecified atom stereocenters. The summed E-state index contributed by atoms with van der Waals surface area (Å²) in [5, 5.41) is 4.40. The van der Waals surface area contributed by atoms with Crippen LogP contribution in [-0.4, -0.2) is 30.6 Å². The molecular formula is C16H11FN6O2. The normalized spacial score (nSPS) is 11.1. The summed E-state index contributed by atoms with van der Waals surface area (Å²) < 4.78 is 20.4. The van der Waals surface area contributed by atoms with E-state index in [4.69, 9.17) is 10.3 Å². The largest absolute Gasteiger partial charge is 0.361 e. The molecule has 8 nitrogen and oxygen atoms in total. The molecule has 0 aliphatic rings. The van der Waals surface area contributed by atoms with E-state index in [2.05, 4.69) is 20.1 Å². The predicted octanol–water partition coefficient (Wildman–Crippen LogP) is 1.77. The fourth-order valence-electron chi connectivity index (χ4n) is 2.48. The molecule has 4 rings (SSSR count). The third-order valence-electron chi connectivity index (χ3n) is 3.61. The molecule has 0 spiro atoms. The van der Waals surface area contributed by atoms with Gasteiger partial charge in [0.2, 0.25) is 0 Å². The molecular weight excluding hydrogens is 327 g/mol. The third-order valence-corrected chi connectivity index (χ3v) is 3.61. The van der Waals surface area contributed by atoms with Gasteiger partial charge in [-0.25, -0.2) is 14.4 Å². The topological polar surface area (TPSA) is 113 Å². The standard InChI is InChI=1S/C16H11FN6O2/c17-10-3-1-2-9-4-5-11(20-13(9)10)15-19-6-7-23(15)8-12-21-16(14(18)24)25-22-12/h1-7H,8H2,(H2,18,24). The summed E-state index contributed by atoms with van der Waals surface area (Å²) in [6.07, 6.45) is 3.28. The van der Waals surface area contributed by atoms with E-state index >= 15 is 0 Å². The number of amides is 1. The van der Waals surface area contributed by atoms with Gasteiger partial charge in [0.25, 0.3) is 0 Å². The van der Waals surface area contributed by atoms with Crippen LogP contribution in [0, 0.1) is 5.82 Å². The quantitative estimate of drug-likeness (QED) is 0.607. The lowest BCUT2D eigenvalue weighted by Gasteiger charge is -2.06. The number of carbonyl (C=O) groups excluding carboxylic acids is 1. The number of aromatic nitrogens is 5. The number of carbonyl (C=O) groups is 1. The second-order valence-electron chi connectivity index (χ2n) is 5.27. The second-order valence-corrected chi connectivity index (χ2v) is 5.27. The number of hydrogen-bond donors (Lipinski definition) is 1. The summed E-state index contributed by atoms with van der Waals surface area (Å²) in [5.74, 6) is -0.684. The summed E-state index contributed by atoms with van der Waals surface area (Å²) in [6, 6.07) is 8.31. The van der Waals surface area contributed by atoms with Crippen LogP contribution in [0.25, 0.3) is 22.4 Å². The van der Waals surface area contributed by atoms with Crippen LogP contribution in [0.2, 0.25) is 0 Å². The maximum absolute atomic E-state index is 14.0. The van der Waals surface area contributed by atoms with Crippen molar-refractivity contribution in [2.45, 2.75) is 6.54 Å². The lowest BCUT2D eigenvalue weighted by molar-refractivity contribution is 0.0958. The zero-order chi connectivity index (χ0) is 17.4. The van der Waals surface area contributed by atoms with Gasteiger partial charge in [0.1, 0.15) is 17.0 Å². The number of nitrogens with zero attached hydrogens (tertiary/aromatic N) is 5. The molecule has 3 aromatic heterocycles. The molecule has 3 heterocycles. The summed E-state index contributed by atoms with van der Waals surface area (Å²) in [6.45, 7) is 0.198. The summed E-state index contributed by atoms with van der Waals surface area (Å²) in [7, 11) is 0. The van der Waals surface area contributed by atoms with Crippen molar-refractivity contribution in [1.29, 1.82) is 0 Å². The molecule has 0 saturated heterocycles. The second kappa shape index (κ2) is 5.78. The zero-order valence-electron chi connectivity index (χ0n) is 12.8. The van der Waals surface area contributed by atoms with Crippen LogP contribution < -0.4 is 5.73 Å². The maximum Gasteiger partial charge on any atom is 0.315 e. The Morgan fingerprint density at radius 3 is 2.92 bits per heavy atom. The van der Waals surface area contributed by atoms with Gasteiger partial charge >= 0.3 is 11.8 Å². The highest BCUT2D eigenvalue weighted by Crippen LogP contribution is 2.22. The number of nitrogens with two attached hydrogens (primary N) is 1. The van der Waals surface area contributed by atoms with E-state index in [1.807, 2.05) is 0 Å². The van der Waals surface area contributed by atoms with Crippen molar-refractivity contribution in [2.75, 3.05) is 0 Å². The smallest absolute Gasteiger partial charge is 0.315 e. The zero-order valence-corrected chi connectivity index (χ0v) is 12.8. The third kappa shape index (κ3) is 2.71. The summed E-state index contributed by atoms with van der Waals surface area (Å²) in [5.41, 5.74) is 5.86. The molecule has 1 aromatic carbocycles. The highest BCUT2D eigenvalue weighted by atomic mass is 19.1. The van der Waals surface area contributed by atoms with Gasteiger partial charge in [-0.05, 0) is 12.1 Å². The van der Waals surface area contributed by atoms with Crippen molar-refractivity contribution < 1.29 is 13.7 Å². The minimum atomic E-state index is -0.795. The SMILES string of the molecule is NC(=O)c1nc(Cn2ccnc2-c2ccc3cccc(F)c3n2)no1. The van der Waals surface area contributed by atoms with Crippen LogP contribution in [0.4, 0.5) is 4.39 Å². The Labute approximate surface area is 140 Å². The van der Waals surface area contributed by atoms with Crippen LogP contribution >= 0.6 is 0 Å². The Balaban J connectivity index is 1.71. The first kappa shape index (κ1) is 14.9. The van der Waals surface area contributed by atoms with E-state index < -0.39 is 11.7 Å². The van der Waals surface area contributed by atoms with Gasteiger partial charge in [0.15, 0.2) is 11.6 Å². The van der Waals surface area contributed by atoms with Crippen LogP contribution in [-0.2, 0) is 6.54 Å². The molecule has 0 aliphatic carbocycles. The highest BCUT2D eigenvalue weighted by Gasteiger charge is 2.15. The van der Waals surface area contributed by atoms with E-state index in [1.54, 1.807) is 41.2 Å². The first-order chi connectivity index (χ1) is 12.1. The van der Waals surface area contributed by atoms with Crippen molar-refractivity contribution in [1.82, 2.24) is 24.7 Å². The van der Waals surface area contributed by atoms with Gasteiger partial charge in [-0.2, -0.15) is 4.98 Å². The van der Waals surface area contributed by atoms with Gasteiger partial charge in [0, 0.05) is 17.8 Å². The number of fused-ring (bicyclic) bond motifs is 1. The van der Waals surface area contributed by atoms with E-state index in [0.717, 1.165) is 0 Å². The first-order valence-corrected chi connectivity index (χ1v) is 7.31. The lowest BCUT2D eigenvalue weighted by atomic mass is 10.2. The molecule has 0 fully saturated rings. The molecule has 1 amide bonds. The number of benzene rings is 1. The molecule has 25 heavy (non-hydrogen) atoms. The average Bonchev–Trinajstić information content (AvgIpc) is 3.25. The van der Waals surface area contributed by atoms with E-state index in [9.17, 15) is 9.18 Å². The Bertz CT molecular complexity index is 1090. The van der Waals surface area contributed by atoms with Gasteiger partial charge in [-0.3, -0.25) is 4.79 Å². The van der Waals surface area contributed by atoms with Crippen molar-refractivity contribution in [3.8, 4) is 11.5 Å². The number of pyridine rings is 1. The Morgan fingerprint density at radius 2 is 2.12 bits per heavy atom. The van der Waals surface area contributed by atoms with E-state index in [-0.39, 0.29) is 23.8 Å². The van der Waals surface area contributed by atoms with Crippen molar-refractivity contribution in [2.24, 2.45) is 5.73 Å². The molecule has 0 saturated carbocycles. The first-order valence-electron chi connectivity index (χ1n) is 7.31. The Morgan fingerprint density at radius 1 is 1.24 bits per heavy atom. The molecule has 2 N–H and O–H groups in total. The maximum atomic E-state index is 14.0. The molecule has 4 aromatic rings. The highest BCUT2D eigenvalue weighted by molar-refractivity contribution is 5.87. The van der Waals surface area contributed by atoms with Crippen LogP contribution in [0.1, 0.15) is 16.5 Å². The number of rotatable bonds is 4. The van der Waals surface area contributed by atoms with E-state index in [0.29, 0.717) is 16.9 Å². The molecule has 0 atom stereocenters. The van der Waals surface area contributed by atoms with Crippen LogP contribution in [0.5, 0.6) is 0 Å². The number of halogens is 1. The fourth-order valence-corrected chi connectivity index (χ4v) is 2.48. The van der Waals surface area contributed by atoms with E-state index in [1.165, 1.54) is 6.07 Å². The number of hydrogen-bond acceptors (Lipinski definition) is 6. The fraction of sp³-hybridized carbons (Fsp3) is 0.0625. The van der Waals surface area contributed by atoms with Gasteiger partial charge in [-0.15, -0.1) is 0 Å². The number of para-hydroxylation sites is 1. The van der Waals surface area contributed by atoms with Crippen molar-refractivity contribution >= 4 is 16.8 Å². The number of primary amides is 1. The minimum absolute atomic E-state index is 0.198. The Hall–Kier alpha value is -3.62. The van der Waals surface area contributed by atoms with Gasteiger partial charge < -0.3 is 14.8 Å². The van der Waals surface area contributed by atoms with Gasteiger partial charge in [-0.1, -0.05) is 23.4 Å². The molecule has 9 heteroatoms. The summed E-state index contributed by atoms with van der Waals surface area (Å²) in [4.78, 5) is 23.5. The van der Waals surface area contributed by atoms with Crippen LogP contribution in [0.3, 0.4) is 0 Å². The van der Waals surface area contributed by atoms with Crippen LogP contribution in [0.15, 0.2) is 47.2 Å². The number of imidazole rings is 1. The molecule has 0 aliphatic heterocycles. The predicted molar refractivity (Wildman–Crippen MR) is 84.8 cm³/mol. The molecule has 124 valence electrons. The average molecular weight is 338 g/mol. The minimum Gasteiger partial charge on any atom is -0.361 e. The monoisotopic (exact) mass is 338 g/mol. The lowest BCUT2D eigenvalue weighted by Crippen LogP contribution is -2.11. The molecule has 0 bridgehead atoms. The summed E-state index contributed by atoms with van der Waals surface area (Å²) >= 11 is 0. The Kier molecular flexibility index (Phi) is 3.46. The van der Waals surface area contributed by atoms with Crippen molar-refractivity contribution in [3.63, 3.8) is 0 Å². The molecule has 0 radical (unpaired) electrons. The van der Waals surface area contributed by atoms with Crippen molar-refractivity contribution in [3.05, 3.63) is 60.3 Å².